The molecule has 15 heavy (non-hydrogen) atoms. The Morgan fingerprint density at radius 3 is 2.33 bits per heavy atom. The van der Waals surface area contributed by atoms with Crippen LogP contribution in [0.2, 0.25) is 0 Å². The first kappa shape index (κ1) is 12.0. The lowest BCUT2D eigenvalue weighted by atomic mass is 9.98. The largest absolute Gasteiger partial charge is 0.295 e. The van der Waals surface area contributed by atoms with Crippen molar-refractivity contribution >= 4 is 5.78 Å². The van der Waals surface area contributed by atoms with Gasteiger partial charge in [-0.3, -0.25) is 4.79 Å². The van der Waals surface area contributed by atoms with E-state index in [1.54, 1.807) is 6.92 Å². The molecule has 1 nitrogen and oxygen atoms in total. The van der Waals surface area contributed by atoms with E-state index in [1.807, 2.05) is 12.1 Å². The lowest BCUT2D eigenvalue weighted by Gasteiger charge is -2.08. The lowest BCUT2D eigenvalue weighted by Crippen LogP contribution is -1.96. The summed E-state index contributed by atoms with van der Waals surface area (Å²) in [7, 11) is 0. The average molecular weight is 204 g/mol. The van der Waals surface area contributed by atoms with Gasteiger partial charge in [-0.05, 0) is 31.2 Å². The zero-order valence-corrected chi connectivity index (χ0v) is 9.92. The van der Waals surface area contributed by atoms with Crippen LogP contribution in [0.5, 0.6) is 0 Å². The highest BCUT2D eigenvalue weighted by atomic mass is 16.1. The standard InChI is InChI=1S/C14H20O/c1-4-11(2)5-6-13-7-9-14(10-8-13)12(3)15/h7-11H,4-6H2,1-3H3. The van der Waals surface area contributed by atoms with E-state index in [1.165, 1.54) is 18.4 Å². The number of hydrogen-bond acceptors (Lipinski definition) is 1. The topological polar surface area (TPSA) is 17.1 Å². The number of ketones is 1. The molecule has 0 saturated heterocycles. The molecule has 0 aliphatic rings. The molecule has 0 bridgehead atoms. The fourth-order valence-electron chi connectivity index (χ4n) is 1.52. The third-order valence-electron chi connectivity index (χ3n) is 2.98. The number of rotatable bonds is 5. The highest BCUT2D eigenvalue weighted by Crippen LogP contribution is 2.13. The number of carbonyl (C=O) groups is 1. The van der Waals surface area contributed by atoms with E-state index in [0.717, 1.165) is 17.9 Å². The van der Waals surface area contributed by atoms with Crippen molar-refractivity contribution in [2.75, 3.05) is 0 Å². The van der Waals surface area contributed by atoms with Crippen LogP contribution in [0.25, 0.3) is 0 Å². The van der Waals surface area contributed by atoms with Crippen molar-refractivity contribution in [1.29, 1.82) is 0 Å². The van der Waals surface area contributed by atoms with Crippen LogP contribution in [0.15, 0.2) is 24.3 Å². The minimum absolute atomic E-state index is 0.142. The molecule has 1 aromatic carbocycles. The molecule has 0 aromatic heterocycles. The molecule has 1 aromatic rings. The van der Waals surface area contributed by atoms with E-state index >= 15 is 0 Å². The zero-order chi connectivity index (χ0) is 11.3. The molecular formula is C14H20O. The van der Waals surface area contributed by atoms with Crippen LogP contribution in [0.3, 0.4) is 0 Å². The molecule has 0 spiro atoms. The Kier molecular flexibility index (Phi) is 4.54. The molecule has 82 valence electrons. The van der Waals surface area contributed by atoms with Crippen molar-refractivity contribution in [3.8, 4) is 0 Å². The molecule has 0 heterocycles. The molecule has 1 rings (SSSR count). The van der Waals surface area contributed by atoms with Crippen molar-refractivity contribution in [3.05, 3.63) is 35.4 Å². The summed E-state index contributed by atoms with van der Waals surface area (Å²) in [5, 5.41) is 0. The number of hydrogen-bond donors (Lipinski definition) is 0. The number of carbonyl (C=O) groups excluding carboxylic acids is 1. The molecule has 0 N–H and O–H groups in total. The Morgan fingerprint density at radius 2 is 1.87 bits per heavy atom. The van der Waals surface area contributed by atoms with Crippen LogP contribution in [0.1, 0.15) is 49.5 Å². The third-order valence-corrected chi connectivity index (χ3v) is 2.98. The van der Waals surface area contributed by atoms with Gasteiger partial charge in [0.1, 0.15) is 0 Å². The molecular weight excluding hydrogens is 184 g/mol. The Labute approximate surface area is 92.5 Å². The maximum absolute atomic E-state index is 11.1. The predicted molar refractivity (Wildman–Crippen MR) is 64.2 cm³/mol. The van der Waals surface area contributed by atoms with Crippen LogP contribution in [0.4, 0.5) is 0 Å². The van der Waals surface area contributed by atoms with Gasteiger partial charge in [-0.2, -0.15) is 0 Å². The van der Waals surface area contributed by atoms with Crippen molar-refractivity contribution in [3.63, 3.8) is 0 Å². The SMILES string of the molecule is CCC(C)CCc1ccc(C(C)=O)cc1. The second-order valence-corrected chi connectivity index (χ2v) is 4.31. The predicted octanol–water partition coefficient (Wildman–Crippen LogP) is 3.87. The maximum atomic E-state index is 11.1. The van der Waals surface area contributed by atoms with Gasteiger partial charge in [-0.1, -0.05) is 44.5 Å². The summed E-state index contributed by atoms with van der Waals surface area (Å²) < 4.78 is 0. The molecule has 0 radical (unpaired) electrons. The van der Waals surface area contributed by atoms with Gasteiger partial charge in [0.2, 0.25) is 0 Å². The zero-order valence-electron chi connectivity index (χ0n) is 9.92. The number of benzene rings is 1. The van der Waals surface area contributed by atoms with E-state index in [-0.39, 0.29) is 5.78 Å². The highest BCUT2D eigenvalue weighted by Gasteiger charge is 2.01. The molecule has 0 aliphatic carbocycles. The van der Waals surface area contributed by atoms with Crippen molar-refractivity contribution in [1.82, 2.24) is 0 Å². The monoisotopic (exact) mass is 204 g/mol. The van der Waals surface area contributed by atoms with Gasteiger partial charge in [0, 0.05) is 5.56 Å². The van der Waals surface area contributed by atoms with Crippen LogP contribution in [0, 0.1) is 5.92 Å². The minimum Gasteiger partial charge on any atom is -0.295 e. The molecule has 0 amide bonds. The maximum Gasteiger partial charge on any atom is 0.159 e. The summed E-state index contributed by atoms with van der Waals surface area (Å²) in [6.45, 7) is 6.11. The van der Waals surface area contributed by atoms with E-state index < -0.39 is 0 Å². The van der Waals surface area contributed by atoms with Gasteiger partial charge in [0.15, 0.2) is 5.78 Å². The highest BCUT2D eigenvalue weighted by molar-refractivity contribution is 5.93. The molecule has 1 atom stereocenters. The van der Waals surface area contributed by atoms with Gasteiger partial charge in [0.25, 0.3) is 0 Å². The first-order chi connectivity index (χ1) is 7.13. The molecule has 1 unspecified atom stereocenters. The van der Waals surface area contributed by atoms with Crippen LogP contribution in [-0.4, -0.2) is 5.78 Å². The number of Topliss-reactive ketones (excluding diaryl/α,β-unsaturated/α-hetero) is 1. The van der Waals surface area contributed by atoms with Crippen LogP contribution >= 0.6 is 0 Å². The fraction of sp³-hybridized carbons (Fsp3) is 0.500. The quantitative estimate of drug-likeness (QED) is 0.665. The van der Waals surface area contributed by atoms with Gasteiger partial charge in [-0.25, -0.2) is 0 Å². The van der Waals surface area contributed by atoms with Crippen molar-refractivity contribution in [2.24, 2.45) is 5.92 Å². The third kappa shape index (κ3) is 3.86. The summed E-state index contributed by atoms with van der Waals surface area (Å²) in [4.78, 5) is 11.1. The van der Waals surface area contributed by atoms with E-state index in [2.05, 4.69) is 26.0 Å². The summed E-state index contributed by atoms with van der Waals surface area (Å²) >= 11 is 0. The van der Waals surface area contributed by atoms with E-state index in [0.29, 0.717) is 0 Å². The Morgan fingerprint density at radius 1 is 1.27 bits per heavy atom. The number of aryl methyl sites for hydroxylation is 1. The van der Waals surface area contributed by atoms with Gasteiger partial charge >= 0.3 is 0 Å². The van der Waals surface area contributed by atoms with Crippen LogP contribution in [-0.2, 0) is 6.42 Å². The second kappa shape index (κ2) is 5.69. The van der Waals surface area contributed by atoms with E-state index in [9.17, 15) is 4.79 Å². The van der Waals surface area contributed by atoms with Crippen molar-refractivity contribution < 1.29 is 4.79 Å². The fourth-order valence-corrected chi connectivity index (χ4v) is 1.52. The summed E-state index contributed by atoms with van der Waals surface area (Å²) in [5.74, 6) is 0.931. The Hall–Kier alpha value is -1.11. The Balaban J connectivity index is 2.53. The van der Waals surface area contributed by atoms with E-state index in [4.69, 9.17) is 0 Å². The second-order valence-electron chi connectivity index (χ2n) is 4.31. The average Bonchev–Trinajstić information content (AvgIpc) is 2.26. The Bertz CT molecular complexity index is 311. The first-order valence-corrected chi connectivity index (χ1v) is 5.73. The molecule has 1 heteroatoms. The van der Waals surface area contributed by atoms with Gasteiger partial charge < -0.3 is 0 Å². The summed E-state index contributed by atoms with van der Waals surface area (Å²) in [5.41, 5.74) is 2.14. The minimum atomic E-state index is 0.142. The first-order valence-electron chi connectivity index (χ1n) is 5.73. The summed E-state index contributed by atoms with van der Waals surface area (Å²) in [6.07, 6.45) is 3.59. The lowest BCUT2D eigenvalue weighted by molar-refractivity contribution is 0.101. The normalized spacial score (nSPS) is 12.5. The smallest absolute Gasteiger partial charge is 0.159 e. The summed E-state index contributed by atoms with van der Waals surface area (Å²) in [6, 6.07) is 7.99. The van der Waals surface area contributed by atoms with Gasteiger partial charge in [0.05, 0.1) is 0 Å². The molecule has 0 fully saturated rings. The molecule has 0 aliphatic heterocycles. The van der Waals surface area contributed by atoms with Crippen LogP contribution < -0.4 is 0 Å². The van der Waals surface area contributed by atoms with Gasteiger partial charge in [-0.15, -0.1) is 0 Å². The molecule has 0 saturated carbocycles. The van der Waals surface area contributed by atoms with Crippen molar-refractivity contribution in [2.45, 2.75) is 40.0 Å².